The highest BCUT2D eigenvalue weighted by molar-refractivity contribution is 5.78. The summed E-state index contributed by atoms with van der Waals surface area (Å²) in [5.41, 5.74) is 3.51. The SMILES string of the molecule is CC(=O)Cc1ccc(CN2CCc3c2ncnc3N2CCCC2c2ccc(C(F)(F)F)cc2)cc1. The van der Waals surface area contributed by atoms with Gasteiger partial charge in [-0.25, -0.2) is 9.97 Å². The summed E-state index contributed by atoms with van der Waals surface area (Å²) in [5, 5.41) is 0. The van der Waals surface area contributed by atoms with Crippen LogP contribution in [0.5, 0.6) is 0 Å². The molecule has 1 saturated heterocycles. The van der Waals surface area contributed by atoms with Crippen LogP contribution >= 0.6 is 0 Å². The van der Waals surface area contributed by atoms with Crippen LogP contribution in [0.3, 0.4) is 0 Å². The van der Waals surface area contributed by atoms with Crippen molar-refractivity contribution in [3.05, 3.63) is 82.7 Å². The van der Waals surface area contributed by atoms with E-state index in [1.54, 1.807) is 25.4 Å². The van der Waals surface area contributed by atoms with Crippen molar-refractivity contribution in [1.29, 1.82) is 0 Å². The minimum Gasteiger partial charge on any atom is -0.352 e. The normalized spacial score (nSPS) is 17.7. The smallest absolute Gasteiger partial charge is 0.352 e. The molecule has 5 rings (SSSR count). The highest BCUT2D eigenvalue weighted by Crippen LogP contribution is 2.41. The van der Waals surface area contributed by atoms with Crippen molar-refractivity contribution in [2.75, 3.05) is 22.9 Å². The zero-order chi connectivity index (χ0) is 24.6. The molecular formula is C27H27F3N4O. The summed E-state index contributed by atoms with van der Waals surface area (Å²) in [6.45, 7) is 3.95. The Morgan fingerprint density at radius 3 is 2.34 bits per heavy atom. The van der Waals surface area contributed by atoms with E-state index in [0.29, 0.717) is 13.0 Å². The summed E-state index contributed by atoms with van der Waals surface area (Å²) in [7, 11) is 0. The van der Waals surface area contributed by atoms with Gasteiger partial charge >= 0.3 is 6.18 Å². The molecule has 0 N–H and O–H groups in total. The van der Waals surface area contributed by atoms with Crippen LogP contribution in [-0.2, 0) is 30.4 Å². The molecule has 35 heavy (non-hydrogen) atoms. The van der Waals surface area contributed by atoms with Crippen molar-refractivity contribution < 1.29 is 18.0 Å². The molecule has 1 aromatic heterocycles. The molecule has 8 heteroatoms. The van der Waals surface area contributed by atoms with Gasteiger partial charge in [0.1, 0.15) is 23.7 Å². The van der Waals surface area contributed by atoms with Gasteiger partial charge in [-0.15, -0.1) is 0 Å². The predicted molar refractivity (Wildman–Crippen MR) is 128 cm³/mol. The molecule has 3 aromatic rings. The number of halogens is 3. The Balaban J connectivity index is 1.35. The molecule has 2 aliphatic heterocycles. The second kappa shape index (κ2) is 9.32. The lowest BCUT2D eigenvalue weighted by atomic mass is 10.0. The van der Waals surface area contributed by atoms with Crippen LogP contribution in [0.4, 0.5) is 24.8 Å². The Morgan fingerprint density at radius 2 is 1.66 bits per heavy atom. The van der Waals surface area contributed by atoms with E-state index in [1.807, 2.05) is 12.1 Å². The summed E-state index contributed by atoms with van der Waals surface area (Å²) in [5.74, 6) is 1.95. The van der Waals surface area contributed by atoms with Gasteiger partial charge in [0.15, 0.2) is 0 Å². The first kappa shape index (κ1) is 23.3. The van der Waals surface area contributed by atoms with E-state index in [4.69, 9.17) is 0 Å². The van der Waals surface area contributed by atoms with E-state index < -0.39 is 11.7 Å². The van der Waals surface area contributed by atoms with Crippen molar-refractivity contribution in [2.45, 2.75) is 51.4 Å². The summed E-state index contributed by atoms with van der Waals surface area (Å²) in [4.78, 5) is 25.0. The lowest BCUT2D eigenvalue weighted by molar-refractivity contribution is -0.137. The summed E-state index contributed by atoms with van der Waals surface area (Å²) >= 11 is 0. The fourth-order valence-electron chi connectivity index (χ4n) is 5.18. The molecule has 5 nitrogen and oxygen atoms in total. The number of alkyl halides is 3. The van der Waals surface area contributed by atoms with E-state index >= 15 is 0 Å². The molecule has 1 unspecified atom stereocenters. The minimum atomic E-state index is -4.33. The van der Waals surface area contributed by atoms with E-state index in [9.17, 15) is 18.0 Å². The van der Waals surface area contributed by atoms with Gasteiger partial charge in [-0.3, -0.25) is 4.79 Å². The van der Waals surface area contributed by atoms with Gasteiger partial charge < -0.3 is 9.80 Å². The third-order valence-corrected chi connectivity index (χ3v) is 6.83. The topological polar surface area (TPSA) is 49.3 Å². The molecular weight excluding hydrogens is 453 g/mol. The Labute approximate surface area is 202 Å². The number of carbonyl (C=O) groups excluding carboxylic acids is 1. The van der Waals surface area contributed by atoms with Gasteiger partial charge in [0.25, 0.3) is 0 Å². The molecule has 0 radical (unpaired) electrons. The number of hydrogen-bond donors (Lipinski definition) is 0. The first-order chi connectivity index (χ1) is 16.8. The number of aromatic nitrogens is 2. The van der Waals surface area contributed by atoms with Gasteiger partial charge in [-0.05, 0) is 55.0 Å². The molecule has 0 saturated carbocycles. The fourth-order valence-corrected chi connectivity index (χ4v) is 5.18. The number of fused-ring (bicyclic) bond motifs is 1. The zero-order valence-electron chi connectivity index (χ0n) is 19.6. The van der Waals surface area contributed by atoms with Gasteiger partial charge in [0, 0.05) is 31.6 Å². The van der Waals surface area contributed by atoms with Crippen LogP contribution in [0, 0.1) is 0 Å². The van der Waals surface area contributed by atoms with Crippen molar-refractivity contribution in [3.63, 3.8) is 0 Å². The number of hydrogen-bond acceptors (Lipinski definition) is 5. The third kappa shape index (κ3) is 4.88. The van der Waals surface area contributed by atoms with Crippen molar-refractivity contribution in [3.8, 4) is 0 Å². The maximum absolute atomic E-state index is 13.0. The monoisotopic (exact) mass is 480 g/mol. The van der Waals surface area contributed by atoms with Crippen molar-refractivity contribution >= 4 is 17.4 Å². The number of Topliss-reactive ketones (excluding diaryl/α,β-unsaturated/α-hetero) is 1. The fraction of sp³-hybridized carbons (Fsp3) is 0.370. The van der Waals surface area contributed by atoms with Crippen LogP contribution in [-0.4, -0.2) is 28.8 Å². The average Bonchev–Trinajstić information content (AvgIpc) is 3.47. The van der Waals surface area contributed by atoms with E-state index in [-0.39, 0.29) is 11.8 Å². The van der Waals surface area contributed by atoms with Gasteiger partial charge in [0.05, 0.1) is 11.6 Å². The molecule has 3 heterocycles. The first-order valence-corrected chi connectivity index (χ1v) is 11.9. The van der Waals surface area contributed by atoms with E-state index in [2.05, 4.69) is 31.9 Å². The Kier molecular flexibility index (Phi) is 6.21. The van der Waals surface area contributed by atoms with Gasteiger partial charge in [-0.1, -0.05) is 36.4 Å². The van der Waals surface area contributed by atoms with Crippen LogP contribution in [0.1, 0.15) is 53.6 Å². The van der Waals surface area contributed by atoms with Gasteiger partial charge in [-0.2, -0.15) is 13.2 Å². The average molecular weight is 481 g/mol. The maximum Gasteiger partial charge on any atom is 0.416 e. The Morgan fingerprint density at radius 1 is 0.971 bits per heavy atom. The number of carbonyl (C=O) groups is 1. The van der Waals surface area contributed by atoms with Crippen molar-refractivity contribution in [2.24, 2.45) is 0 Å². The number of nitrogens with zero attached hydrogens (tertiary/aromatic N) is 4. The number of anilines is 2. The molecule has 1 fully saturated rings. The highest BCUT2D eigenvalue weighted by Gasteiger charge is 2.34. The molecule has 0 bridgehead atoms. The van der Waals surface area contributed by atoms with Crippen LogP contribution in [0.25, 0.3) is 0 Å². The van der Waals surface area contributed by atoms with E-state index in [1.165, 1.54) is 12.1 Å². The lowest BCUT2D eigenvalue weighted by Crippen LogP contribution is -2.25. The number of ketones is 1. The van der Waals surface area contributed by atoms with Crippen LogP contribution in [0.2, 0.25) is 0 Å². The quantitative estimate of drug-likeness (QED) is 0.464. The number of rotatable bonds is 6. The summed E-state index contributed by atoms with van der Waals surface area (Å²) < 4.78 is 39.0. The molecule has 0 amide bonds. The molecule has 2 aliphatic rings. The predicted octanol–water partition coefficient (Wildman–Crippen LogP) is 5.53. The maximum atomic E-state index is 13.0. The second-order valence-corrected chi connectivity index (χ2v) is 9.34. The lowest BCUT2D eigenvalue weighted by Gasteiger charge is -2.28. The molecule has 1 atom stereocenters. The van der Waals surface area contributed by atoms with Gasteiger partial charge in [0.2, 0.25) is 0 Å². The third-order valence-electron chi connectivity index (χ3n) is 6.83. The largest absolute Gasteiger partial charge is 0.416 e. The molecule has 0 aliphatic carbocycles. The Bertz CT molecular complexity index is 1210. The second-order valence-electron chi connectivity index (χ2n) is 9.34. The highest BCUT2D eigenvalue weighted by atomic mass is 19.4. The van der Waals surface area contributed by atoms with Crippen LogP contribution in [0.15, 0.2) is 54.9 Å². The minimum absolute atomic E-state index is 0.000783. The summed E-state index contributed by atoms with van der Waals surface area (Å²) in [6, 6.07) is 13.6. The van der Waals surface area contributed by atoms with E-state index in [0.717, 1.165) is 66.2 Å². The molecule has 2 aromatic carbocycles. The van der Waals surface area contributed by atoms with Crippen LogP contribution < -0.4 is 9.80 Å². The molecule has 0 spiro atoms. The number of benzene rings is 2. The standard InChI is InChI=1S/C27H27F3N4O/c1-18(35)15-19-4-6-20(7-5-19)16-33-14-12-23-25(33)31-17-32-26(23)34-13-2-3-24(34)21-8-10-22(11-9-21)27(28,29)30/h4-11,17,24H,2-3,12-16H2,1H3. The van der Waals surface area contributed by atoms with Crippen molar-refractivity contribution in [1.82, 2.24) is 9.97 Å². The Hall–Kier alpha value is -3.42. The first-order valence-electron chi connectivity index (χ1n) is 11.9. The summed E-state index contributed by atoms with van der Waals surface area (Å²) in [6.07, 6.45) is 0.355. The zero-order valence-corrected chi connectivity index (χ0v) is 19.6. The molecule has 182 valence electrons.